The van der Waals surface area contributed by atoms with Crippen molar-refractivity contribution in [2.45, 2.75) is 26.5 Å². The van der Waals surface area contributed by atoms with Crippen LogP contribution in [0, 0.1) is 0 Å². The Bertz CT molecular complexity index is 274. The van der Waals surface area contributed by atoms with E-state index in [2.05, 4.69) is 4.98 Å². The van der Waals surface area contributed by atoms with Crippen LogP contribution in [0.1, 0.15) is 19.5 Å². The van der Waals surface area contributed by atoms with Crippen molar-refractivity contribution in [2.75, 3.05) is 13.2 Å². The average molecular weight is 210 g/mol. The van der Waals surface area contributed by atoms with Gasteiger partial charge in [-0.1, -0.05) is 0 Å². The Labute approximate surface area is 90.4 Å². The quantitative estimate of drug-likeness (QED) is 0.770. The molecule has 0 spiro atoms. The van der Waals surface area contributed by atoms with Gasteiger partial charge in [-0.15, -0.1) is 0 Å². The average Bonchev–Trinajstić information content (AvgIpc) is 2.27. The molecule has 84 valence electrons. The van der Waals surface area contributed by atoms with Gasteiger partial charge < -0.3 is 15.2 Å². The van der Waals surface area contributed by atoms with Crippen molar-refractivity contribution in [3.05, 3.63) is 24.0 Å². The van der Waals surface area contributed by atoms with Crippen molar-refractivity contribution in [1.82, 2.24) is 4.98 Å². The van der Waals surface area contributed by atoms with Gasteiger partial charge in [0, 0.05) is 13.2 Å². The van der Waals surface area contributed by atoms with E-state index in [1.54, 1.807) is 6.20 Å². The molecule has 0 aromatic carbocycles. The Morgan fingerprint density at radius 1 is 1.47 bits per heavy atom. The Morgan fingerprint density at radius 2 is 2.27 bits per heavy atom. The maximum Gasteiger partial charge on any atom is 0.138 e. The molecule has 0 saturated carbocycles. The predicted octanol–water partition coefficient (Wildman–Crippen LogP) is 1.34. The monoisotopic (exact) mass is 210 g/mol. The zero-order chi connectivity index (χ0) is 11.1. The molecule has 1 atom stereocenters. The lowest BCUT2D eigenvalue weighted by atomic mass is 10.3. The molecule has 0 saturated heterocycles. The zero-order valence-electron chi connectivity index (χ0n) is 9.27. The number of rotatable bonds is 6. The highest BCUT2D eigenvalue weighted by Gasteiger charge is 2.03. The van der Waals surface area contributed by atoms with Gasteiger partial charge in [0.15, 0.2) is 0 Å². The van der Waals surface area contributed by atoms with Gasteiger partial charge in [-0.3, -0.25) is 4.98 Å². The first-order valence-electron chi connectivity index (χ1n) is 5.15. The lowest BCUT2D eigenvalue weighted by Crippen LogP contribution is -2.19. The van der Waals surface area contributed by atoms with E-state index in [1.165, 1.54) is 0 Å². The maximum absolute atomic E-state index is 5.59. The van der Waals surface area contributed by atoms with Crippen molar-refractivity contribution in [1.29, 1.82) is 0 Å². The van der Waals surface area contributed by atoms with Crippen LogP contribution < -0.4 is 10.5 Å². The number of aromatic nitrogens is 1. The molecule has 4 heteroatoms. The third-order valence-electron chi connectivity index (χ3n) is 1.90. The fourth-order valence-corrected chi connectivity index (χ4v) is 1.15. The molecule has 1 unspecified atom stereocenters. The summed E-state index contributed by atoms with van der Waals surface area (Å²) in [5.74, 6) is 0.749. The maximum atomic E-state index is 5.59. The molecule has 4 nitrogen and oxygen atoms in total. The number of hydrogen-bond acceptors (Lipinski definition) is 4. The summed E-state index contributed by atoms with van der Waals surface area (Å²) in [5.41, 5.74) is 6.30. The highest BCUT2D eigenvalue weighted by atomic mass is 16.5. The predicted molar refractivity (Wildman–Crippen MR) is 58.7 cm³/mol. The van der Waals surface area contributed by atoms with Crippen molar-refractivity contribution in [3.63, 3.8) is 0 Å². The molecular formula is C11H18N2O2. The normalized spacial score (nSPS) is 12.5. The number of pyridine rings is 1. The van der Waals surface area contributed by atoms with Gasteiger partial charge in [-0.05, 0) is 26.0 Å². The minimum absolute atomic E-state index is 0.0375. The lowest BCUT2D eigenvalue weighted by Gasteiger charge is -2.14. The van der Waals surface area contributed by atoms with Crippen molar-refractivity contribution in [2.24, 2.45) is 5.73 Å². The summed E-state index contributed by atoms with van der Waals surface area (Å²) in [6, 6.07) is 3.74. The van der Waals surface area contributed by atoms with Crippen LogP contribution in [0.3, 0.4) is 0 Å². The van der Waals surface area contributed by atoms with Gasteiger partial charge in [-0.25, -0.2) is 0 Å². The molecule has 0 radical (unpaired) electrons. The third kappa shape index (κ3) is 4.27. The first-order valence-corrected chi connectivity index (χ1v) is 5.15. The summed E-state index contributed by atoms with van der Waals surface area (Å²) < 4.78 is 10.8. The minimum atomic E-state index is 0.0375. The number of hydrogen-bond donors (Lipinski definition) is 1. The smallest absolute Gasteiger partial charge is 0.138 e. The first kappa shape index (κ1) is 11.9. The van der Waals surface area contributed by atoms with Gasteiger partial charge in [0.25, 0.3) is 0 Å². The molecule has 1 rings (SSSR count). The number of ether oxygens (including phenoxy) is 2. The zero-order valence-corrected chi connectivity index (χ0v) is 9.27. The SMILES string of the molecule is CCOCC(C)Oc1ccc(CN)nc1. The van der Waals surface area contributed by atoms with Crippen LogP contribution >= 0.6 is 0 Å². The number of nitrogens with zero attached hydrogens (tertiary/aromatic N) is 1. The van der Waals surface area contributed by atoms with E-state index in [-0.39, 0.29) is 6.10 Å². The molecule has 0 fully saturated rings. The van der Waals surface area contributed by atoms with Crippen molar-refractivity contribution >= 4 is 0 Å². The Morgan fingerprint density at radius 3 is 2.80 bits per heavy atom. The standard InChI is InChI=1S/C11H18N2O2/c1-3-14-8-9(2)15-11-5-4-10(6-12)13-7-11/h4-5,7,9H,3,6,8,12H2,1-2H3. The van der Waals surface area contributed by atoms with Gasteiger partial charge in [0.2, 0.25) is 0 Å². The molecule has 0 bridgehead atoms. The molecular weight excluding hydrogens is 192 g/mol. The van der Waals surface area contributed by atoms with Crippen LogP contribution in [-0.4, -0.2) is 24.3 Å². The Balaban J connectivity index is 2.42. The molecule has 0 aliphatic rings. The number of nitrogens with two attached hydrogens (primary N) is 1. The van der Waals surface area contributed by atoms with Gasteiger partial charge >= 0.3 is 0 Å². The molecule has 0 aliphatic heterocycles. The third-order valence-corrected chi connectivity index (χ3v) is 1.90. The van der Waals surface area contributed by atoms with Crippen LogP contribution in [0.2, 0.25) is 0 Å². The fourth-order valence-electron chi connectivity index (χ4n) is 1.15. The summed E-state index contributed by atoms with van der Waals surface area (Å²) in [5, 5.41) is 0. The fraction of sp³-hybridized carbons (Fsp3) is 0.545. The molecule has 0 aliphatic carbocycles. The second kappa shape index (κ2) is 6.37. The van der Waals surface area contributed by atoms with E-state index in [4.69, 9.17) is 15.2 Å². The van der Waals surface area contributed by atoms with Gasteiger partial charge in [0.1, 0.15) is 11.9 Å². The second-order valence-corrected chi connectivity index (χ2v) is 3.28. The lowest BCUT2D eigenvalue weighted by molar-refractivity contribution is 0.0655. The van der Waals surface area contributed by atoms with Crippen LogP contribution in [0.5, 0.6) is 5.75 Å². The van der Waals surface area contributed by atoms with E-state index in [0.29, 0.717) is 19.8 Å². The molecule has 1 aromatic heterocycles. The summed E-state index contributed by atoms with van der Waals surface area (Å²) in [6.07, 6.45) is 1.72. The highest BCUT2D eigenvalue weighted by molar-refractivity contribution is 5.19. The van der Waals surface area contributed by atoms with Crippen molar-refractivity contribution in [3.8, 4) is 5.75 Å². The van der Waals surface area contributed by atoms with E-state index in [9.17, 15) is 0 Å². The topological polar surface area (TPSA) is 57.4 Å². The molecule has 15 heavy (non-hydrogen) atoms. The largest absolute Gasteiger partial charge is 0.487 e. The van der Waals surface area contributed by atoms with Gasteiger partial charge in [-0.2, -0.15) is 0 Å². The summed E-state index contributed by atoms with van der Waals surface area (Å²) in [7, 11) is 0. The Hall–Kier alpha value is -1.13. The molecule has 2 N–H and O–H groups in total. The Kier molecular flexibility index (Phi) is 5.07. The summed E-state index contributed by atoms with van der Waals surface area (Å²) in [6.45, 7) is 5.68. The van der Waals surface area contributed by atoms with E-state index in [1.807, 2.05) is 26.0 Å². The molecule has 1 aromatic rings. The first-order chi connectivity index (χ1) is 7.26. The minimum Gasteiger partial charge on any atom is -0.487 e. The van der Waals surface area contributed by atoms with Crippen LogP contribution in [-0.2, 0) is 11.3 Å². The van der Waals surface area contributed by atoms with Crippen molar-refractivity contribution < 1.29 is 9.47 Å². The van der Waals surface area contributed by atoms with Crippen LogP contribution in [0.25, 0.3) is 0 Å². The molecule has 1 heterocycles. The van der Waals surface area contributed by atoms with Gasteiger partial charge in [0.05, 0.1) is 18.5 Å². The van der Waals surface area contributed by atoms with E-state index in [0.717, 1.165) is 11.4 Å². The second-order valence-electron chi connectivity index (χ2n) is 3.28. The van der Waals surface area contributed by atoms with Crippen LogP contribution in [0.4, 0.5) is 0 Å². The summed E-state index contributed by atoms with van der Waals surface area (Å²) in [4.78, 5) is 4.14. The van der Waals surface area contributed by atoms with Crippen LogP contribution in [0.15, 0.2) is 18.3 Å². The van der Waals surface area contributed by atoms with E-state index >= 15 is 0 Å². The highest BCUT2D eigenvalue weighted by Crippen LogP contribution is 2.11. The summed E-state index contributed by atoms with van der Waals surface area (Å²) >= 11 is 0. The van der Waals surface area contributed by atoms with E-state index < -0.39 is 0 Å². The molecule has 0 amide bonds.